The van der Waals surface area contributed by atoms with E-state index in [1.807, 2.05) is 0 Å². The van der Waals surface area contributed by atoms with Gasteiger partial charge in [-0.2, -0.15) is 0 Å². The molecule has 0 aromatic heterocycles. The molecule has 6 fully saturated rings. The van der Waals surface area contributed by atoms with E-state index in [4.69, 9.17) is 28.4 Å². The van der Waals surface area contributed by atoms with Gasteiger partial charge < -0.3 is 44.0 Å². The van der Waals surface area contributed by atoms with Crippen LogP contribution in [0.15, 0.2) is 24.3 Å². The Morgan fingerprint density at radius 1 is 1.04 bits per heavy atom. The number of carbonyl (C=O) groups is 3. The molecular formula is C38H54N2O11. The average molecular weight is 715 g/mol. The van der Waals surface area contributed by atoms with Crippen LogP contribution in [0.3, 0.4) is 0 Å². The number of hydrogen-bond acceptors (Lipinski definition) is 12. The molecule has 6 aliphatic rings. The molecule has 5 aliphatic carbocycles. The number of likely N-dealkylation sites (N-methyl/N-ethyl adjacent to an activating group) is 1. The molecule has 13 heteroatoms. The number of aliphatic hydroxyl groups is 2. The lowest BCUT2D eigenvalue weighted by Gasteiger charge is -2.70. The lowest BCUT2D eigenvalue weighted by molar-refractivity contribution is -0.320. The molecule has 1 aliphatic heterocycles. The van der Waals surface area contributed by atoms with Gasteiger partial charge in [-0.3, -0.25) is 14.5 Å². The number of esters is 2. The van der Waals surface area contributed by atoms with E-state index in [-0.39, 0.29) is 72.7 Å². The summed E-state index contributed by atoms with van der Waals surface area (Å²) in [6.07, 6.45) is 0.602. The van der Waals surface area contributed by atoms with E-state index >= 15 is 0 Å². The van der Waals surface area contributed by atoms with Crippen molar-refractivity contribution in [1.82, 2.24) is 4.90 Å². The zero-order valence-electron chi connectivity index (χ0n) is 30.8. The number of nitrogens with one attached hydrogen (secondary N) is 1. The van der Waals surface area contributed by atoms with Crippen LogP contribution in [-0.4, -0.2) is 130 Å². The lowest BCUT2D eigenvalue weighted by Crippen LogP contribution is -2.82. The highest BCUT2D eigenvalue weighted by atomic mass is 16.5. The molecule has 7 bridgehead atoms. The van der Waals surface area contributed by atoms with Crippen molar-refractivity contribution >= 4 is 23.5 Å². The van der Waals surface area contributed by atoms with Gasteiger partial charge in [-0.15, -0.1) is 0 Å². The number of likely N-dealkylation sites (tertiary alicyclic amines) is 1. The Morgan fingerprint density at radius 2 is 1.78 bits per heavy atom. The van der Waals surface area contributed by atoms with E-state index in [1.165, 1.54) is 7.11 Å². The predicted octanol–water partition coefficient (Wildman–Crippen LogP) is 2.27. The Balaban J connectivity index is 1.26. The van der Waals surface area contributed by atoms with Gasteiger partial charge in [0, 0.05) is 76.4 Å². The number of rotatable bonds is 12. The Labute approximate surface area is 299 Å². The van der Waals surface area contributed by atoms with E-state index in [0.29, 0.717) is 25.9 Å². The maximum atomic E-state index is 14.0. The number of para-hydroxylation sites is 1. The SMILES string of the molecule is CCN1C[C@]2(COC(=O)c3ccccc3NC(=O)C[C@@H](C)C(=O)OC)CC[C@H](OC)[C@@]34[C@@H]5C[C@H]6[C@H](OC)[C@@H]5[C@](O)(C[C@@H]6OC)[C@@](O)([C@@H](OC)[C@H]23)[C@@H]14. The number of fused-ring (bicyclic) bond motifs is 2. The van der Waals surface area contributed by atoms with Crippen LogP contribution < -0.4 is 5.32 Å². The molecule has 14 atom stereocenters. The number of carbonyl (C=O) groups excluding carboxylic acids is 3. The van der Waals surface area contributed by atoms with Gasteiger partial charge in [-0.05, 0) is 43.9 Å². The van der Waals surface area contributed by atoms with Crippen molar-refractivity contribution in [2.75, 3.05) is 60.6 Å². The molecule has 1 spiro atoms. The molecule has 1 aromatic carbocycles. The Morgan fingerprint density at radius 3 is 2.43 bits per heavy atom. The maximum absolute atomic E-state index is 14.0. The maximum Gasteiger partial charge on any atom is 0.340 e. The van der Waals surface area contributed by atoms with Crippen LogP contribution in [0.4, 0.5) is 5.69 Å². The summed E-state index contributed by atoms with van der Waals surface area (Å²) < 4.78 is 36.1. The fourth-order valence-electron chi connectivity index (χ4n) is 12.8. The molecule has 7 rings (SSSR count). The molecule has 0 unspecified atom stereocenters. The number of amides is 1. The first kappa shape index (κ1) is 36.7. The molecule has 51 heavy (non-hydrogen) atoms. The zero-order chi connectivity index (χ0) is 36.7. The summed E-state index contributed by atoms with van der Waals surface area (Å²) in [5.74, 6) is -2.89. The van der Waals surface area contributed by atoms with Crippen LogP contribution >= 0.6 is 0 Å². The van der Waals surface area contributed by atoms with E-state index in [1.54, 1.807) is 59.6 Å². The highest BCUT2D eigenvalue weighted by Crippen LogP contribution is 2.80. The van der Waals surface area contributed by atoms with Crippen LogP contribution in [-0.2, 0) is 38.0 Å². The summed E-state index contributed by atoms with van der Waals surface area (Å²) in [5, 5.41) is 29.4. The first-order valence-corrected chi connectivity index (χ1v) is 18.3. The number of methoxy groups -OCH3 is 5. The summed E-state index contributed by atoms with van der Waals surface area (Å²) >= 11 is 0. The van der Waals surface area contributed by atoms with E-state index in [9.17, 15) is 24.6 Å². The first-order valence-electron chi connectivity index (χ1n) is 18.3. The van der Waals surface area contributed by atoms with Crippen molar-refractivity contribution < 1.29 is 53.0 Å². The molecule has 13 nitrogen and oxygen atoms in total. The highest BCUT2D eigenvalue weighted by Gasteiger charge is 2.91. The van der Waals surface area contributed by atoms with Crippen LogP contribution in [0.1, 0.15) is 56.3 Å². The summed E-state index contributed by atoms with van der Waals surface area (Å²) in [4.78, 5) is 41.1. The first-order chi connectivity index (χ1) is 24.4. The summed E-state index contributed by atoms with van der Waals surface area (Å²) in [6, 6.07) is 6.18. The van der Waals surface area contributed by atoms with Gasteiger partial charge in [0.2, 0.25) is 5.91 Å². The minimum Gasteiger partial charge on any atom is -0.469 e. The van der Waals surface area contributed by atoms with E-state index in [0.717, 1.165) is 6.42 Å². The second-order valence-electron chi connectivity index (χ2n) is 16.0. The quantitative estimate of drug-likeness (QED) is 0.272. The lowest BCUT2D eigenvalue weighted by atomic mass is 9.42. The Hall–Kier alpha value is -2.65. The summed E-state index contributed by atoms with van der Waals surface area (Å²) in [6.45, 7) is 4.85. The molecule has 1 aromatic rings. The molecule has 5 saturated carbocycles. The molecule has 3 N–H and O–H groups in total. The smallest absolute Gasteiger partial charge is 0.340 e. The summed E-state index contributed by atoms with van der Waals surface area (Å²) in [5.41, 5.74) is -4.08. The molecule has 0 radical (unpaired) electrons. The molecule has 1 saturated heterocycles. The van der Waals surface area contributed by atoms with Gasteiger partial charge >= 0.3 is 11.9 Å². The van der Waals surface area contributed by atoms with Crippen molar-refractivity contribution in [2.45, 2.75) is 87.6 Å². The van der Waals surface area contributed by atoms with E-state index in [2.05, 4.69) is 17.1 Å². The standard InChI is InChI=1S/C38H54N2O11/c1-8-40-18-35(19-51-33(43)21-11-9-10-12-24(21)39-27(41)15-20(2)32(42)50-7)14-13-26(47-4)37-23-16-22-25(46-3)17-36(44,28(23)29(22)48-5)38(45,34(37)40)31(49-6)30(35)37/h9-12,20,22-23,25-26,28-31,34,44-45H,8,13-19H2,1-7H3,(H,39,41)/t20-,22-,23-,25+,26+,28-,29+,30-,31+,34+,35+,36-,37+,38-/m1/s1. The summed E-state index contributed by atoms with van der Waals surface area (Å²) in [7, 11) is 7.97. The number of ether oxygens (including phenoxy) is 6. The third-order valence-electron chi connectivity index (χ3n) is 14.3. The third-order valence-corrected chi connectivity index (χ3v) is 14.3. The third kappa shape index (κ3) is 4.74. The number of anilines is 1. The molecule has 282 valence electrons. The second-order valence-corrected chi connectivity index (χ2v) is 16.0. The van der Waals surface area contributed by atoms with Gasteiger partial charge in [-0.1, -0.05) is 26.0 Å². The minimum absolute atomic E-state index is 0.0402. The fraction of sp³-hybridized carbons (Fsp3) is 0.763. The Bertz CT molecular complexity index is 1540. The van der Waals surface area contributed by atoms with Gasteiger partial charge in [-0.25, -0.2) is 4.79 Å². The number of piperidine rings is 1. The zero-order valence-corrected chi connectivity index (χ0v) is 30.8. The van der Waals surface area contributed by atoms with Crippen LogP contribution in [0.5, 0.6) is 0 Å². The van der Waals surface area contributed by atoms with Crippen molar-refractivity contribution in [1.29, 1.82) is 0 Å². The topological polar surface area (TPSA) is 162 Å². The van der Waals surface area contributed by atoms with Gasteiger partial charge in [0.1, 0.15) is 11.2 Å². The predicted molar refractivity (Wildman–Crippen MR) is 183 cm³/mol. The van der Waals surface area contributed by atoms with Crippen LogP contribution in [0.25, 0.3) is 0 Å². The molecular weight excluding hydrogens is 660 g/mol. The number of benzene rings is 1. The van der Waals surface area contributed by atoms with Gasteiger partial charge in [0.25, 0.3) is 0 Å². The average Bonchev–Trinajstić information content (AvgIpc) is 3.55. The van der Waals surface area contributed by atoms with E-state index < -0.39 is 57.9 Å². The van der Waals surface area contributed by atoms with Crippen molar-refractivity contribution in [2.24, 2.45) is 40.4 Å². The van der Waals surface area contributed by atoms with Gasteiger partial charge in [0.05, 0.1) is 61.3 Å². The largest absolute Gasteiger partial charge is 0.469 e. The monoisotopic (exact) mass is 714 g/mol. The second kappa shape index (κ2) is 13.0. The molecule has 1 heterocycles. The van der Waals surface area contributed by atoms with Crippen LogP contribution in [0.2, 0.25) is 0 Å². The molecule has 1 amide bonds. The minimum atomic E-state index is -1.70. The van der Waals surface area contributed by atoms with Crippen molar-refractivity contribution in [3.63, 3.8) is 0 Å². The normalized spacial score (nSPS) is 43.7. The fourth-order valence-corrected chi connectivity index (χ4v) is 12.8. The van der Waals surface area contributed by atoms with Crippen molar-refractivity contribution in [3.8, 4) is 0 Å². The number of hydrogen-bond donors (Lipinski definition) is 3. The van der Waals surface area contributed by atoms with Crippen LogP contribution in [0, 0.1) is 40.4 Å². The number of nitrogens with zero attached hydrogens (tertiary/aromatic N) is 1. The van der Waals surface area contributed by atoms with Gasteiger partial charge in [0.15, 0.2) is 0 Å². The Kier molecular flexibility index (Phi) is 9.38. The van der Waals surface area contributed by atoms with Crippen molar-refractivity contribution in [3.05, 3.63) is 29.8 Å². The highest BCUT2D eigenvalue weighted by molar-refractivity contribution is 6.01.